The van der Waals surface area contributed by atoms with Gasteiger partial charge < -0.3 is 26.1 Å². The Labute approximate surface area is 241 Å². The number of nitrogens with one attached hydrogen (secondary N) is 1. The van der Waals surface area contributed by atoms with E-state index >= 15 is 0 Å². The lowest BCUT2D eigenvalue weighted by molar-refractivity contribution is -0.646. The average molecular weight is 623 g/mol. The summed E-state index contributed by atoms with van der Waals surface area (Å²) in [6.45, 7) is -0.798. The summed E-state index contributed by atoms with van der Waals surface area (Å²) in [5.74, 6) is -3.32. The maximum atomic E-state index is 13.1. The Morgan fingerprint density at radius 1 is 1.35 bits per heavy atom. The lowest BCUT2D eigenvalue weighted by atomic mass is 10.0. The number of carboxylic acids is 2. The van der Waals surface area contributed by atoms with Crippen LogP contribution in [0.15, 0.2) is 44.5 Å². The van der Waals surface area contributed by atoms with Crippen molar-refractivity contribution in [2.45, 2.75) is 15.8 Å². The number of nitrogens with two attached hydrogens (primary N) is 1. The monoisotopic (exact) mass is 622 g/mol. The molecule has 1 unspecified atom stereocenters. The fourth-order valence-electron chi connectivity index (χ4n) is 3.96. The van der Waals surface area contributed by atoms with E-state index in [2.05, 4.69) is 20.4 Å². The molecule has 0 spiro atoms. The minimum atomic E-state index is -1.30. The number of oxime groups is 1. The zero-order valence-electron chi connectivity index (χ0n) is 20.5. The zero-order chi connectivity index (χ0) is 28.6. The van der Waals surface area contributed by atoms with Crippen LogP contribution in [0.5, 0.6) is 0 Å². The Morgan fingerprint density at radius 2 is 2.15 bits per heavy atom. The van der Waals surface area contributed by atoms with Crippen LogP contribution in [-0.2, 0) is 31.1 Å². The van der Waals surface area contributed by atoms with E-state index in [9.17, 15) is 24.3 Å². The summed E-state index contributed by atoms with van der Waals surface area (Å²) in [5, 5.41) is 25.8. The molecule has 3 aromatic rings. The van der Waals surface area contributed by atoms with Gasteiger partial charge >= 0.3 is 17.6 Å². The molecule has 1 fully saturated rings. The number of anilines is 1. The van der Waals surface area contributed by atoms with E-state index in [-0.39, 0.29) is 22.2 Å². The second-order valence-corrected chi connectivity index (χ2v) is 12.6. The maximum Gasteiger partial charge on any atom is 0.352 e. The third-order valence-electron chi connectivity index (χ3n) is 5.74. The molecule has 5 N–H and O–H groups in total. The van der Waals surface area contributed by atoms with Crippen molar-refractivity contribution in [2.75, 3.05) is 23.8 Å². The fourth-order valence-corrected chi connectivity index (χ4v) is 8.10. The summed E-state index contributed by atoms with van der Waals surface area (Å²) in [4.78, 5) is 63.6. The van der Waals surface area contributed by atoms with Crippen LogP contribution >= 0.6 is 46.2 Å². The van der Waals surface area contributed by atoms with Gasteiger partial charge in [-0.15, -0.1) is 23.1 Å². The summed E-state index contributed by atoms with van der Waals surface area (Å²) in [6, 6.07) is 2.85. The fraction of sp³-hybridized carbons (Fsp3) is 0.273. The van der Waals surface area contributed by atoms with Gasteiger partial charge in [0.15, 0.2) is 10.8 Å². The number of thioether (sulfide) groups is 2. The predicted molar refractivity (Wildman–Crippen MR) is 148 cm³/mol. The van der Waals surface area contributed by atoms with Gasteiger partial charge in [-0.05, 0) is 22.7 Å². The molecule has 208 valence electrons. The van der Waals surface area contributed by atoms with Crippen LogP contribution in [0.2, 0.25) is 0 Å². The van der Waals surface area contributed by atoms with Crippen molar-refractivity contribution in [1.82, 2.24) is 20.2 Å². The Morgan fingerprint density at radius 3 is 2.83 bits per heavy atom. The molecule has 1 saturated heterocycles. The van der Waals surface area contributed by atoms with E-state index < -0.39 is 41.8 Å². The van der Waals surface area contributed by atoms with Crippen molar-refractivity contribution in [3.8, 4) is 0 Å². The van der Waals surface area contributed by atoms with Crippen LogP contribution in [0, 0.1) is 0 Å². The number of hydrogen-bond donors (Lipinski definition) is 4. The maximum absolute atomic E-state index is 13.1. The number of amides is 2. The highest BCUT2D eigenvalue weighted by Crippen LogP contribution is 2.42. The van der Waals surface area contributed by atoms with Gasteiger partial charge in [0.2, 0.25) is 6.61 Å². The number of nitrogens with zero attached hydrogens (tertiary/aromatic N) is 5. The molecule has 2 atom stereocenters. The number of β-lactam (4-membered cyclic amide) rings is 1. The number of rotatable bonds is 10. The molecule has 0 radical (unpaired) electrons. The minimum Gasteiger partial charge on any atom is -0.479 e. The van der Waals surface area contributed by atoms with Crippen LogP contribution in [0.25, 0.3) is 10.3 Å². The molecule has 0 aliphatic carbocycles. The number of fused-ring (bicyclic) bond motifs is 2. The van der Waals surface area contributed by atoms with Crippen molar-refractivity contribution in [3.05, 3.63) is 40.7 Å². The van der Waals surface area contributed by atoms with Crippen LogP contribution in [0.4, 0.5) is 5.13 Å². The highest BCUT2D eigenvalue weighted by Gasteiger charge is 2.54. The number of carboxylic acid groups (broad SMARTS) is 2. The van der Waals surface area contributed by atoms with Gasteiger partial charge in [0.1, 0.15) is 27.5 Å². The standard InChI is InChI=1S/C22H19N7O7S4/c1-28-4-2-3-11-16(28)26-22(40-11)39-7-9-6-37-19-14(18(33)29(19)15(9)20(34)35)25-17(32)13(27-36-5-12(30)31)10-8-38-21(23)24-10/h2-4,8,14,19H,5-7H2,1H3,(H4-,23,24,25,30,31,32,34,35)/p+1/b27-13-/t14?,19-/m0/s1. The Kier molecular flexibility index (Phi) is 7.92. The summed E-state index contributed by atoms with van der Waals surface area (Å²) in [6.07, 6.45) is 1.90. The van der Waals surface area contributed by atoms with Crippen LogP contribution < -0.4 is 15.6 Å². The number of nitrogen functional groups attached to an aromatic ring is 1. The number of aromatic nitrogens is 3. The van der Waals surface area contributed by atoms with Crippen LogP contribution in [0.1, 0.15) is 5.69 Å². The minimum absolute atomic E-state index is 0.0409. The number of carbonyl (C=O) groups excluding carboxylic acids is 2. The molecule has 40 heavy (non-hydrogen) atoms. The average Bonchev–Trinajstić information content (AvgIpc) is 3.54. The predicted octanol–water partition coefficient (Wildman–Crippen LogP) is 0.496. The summed E-state index contributed by atoms with van der Waals surface area (Å²) < 4.78 is 3.69. The van der Waals surface area contributed by atoms with Gasteiger partial charge in [-0.1, -0.05) is 28.3 Å². The lowest BCUT2D eigenvalue weighted by Crippen LogP contribution is -2.71. The number of pyridine rings is 1. The first-order valence-electron chi connectivity index (χ1n) is 11.4. The Hall–Kier alpha value is -3.74. The van der Waals surface area contributed by atoms with Gasteiger partial charge in [0.25, 0.3) is 16.2 Å². The summed E-state index contributed by atoms with van der Waals surface area (Å²) in [7, 11) is 1.90. The number of thiazole rings is 2. The van der Waals surface area contributed by atoms with Crippen LogP contribution in [0.3, 0.4) is 0 Å². The second-order valence-electron chi connectivity index (χ2n) is 8.37. The molecule has 2 aliphatic heterocycles. The molecule has 2 aliphatic rings. The van der Waals surface area contributed by atoms with Crippen molar-refractivity contribution in [3.63, 3.8) is 0 Å². The second kappa shape index (κ2) is 11.4. The highest BCUT2D eigenvalue weighted by atomic mass is 32.2. The molecule has 5 rings (SSSR count). The van der Waals surface area contributed by atoms with Crippen LogP contribution in [-0.4, -0.2) is 84.1 Å². The first-order valence-corrected chi connectivity index (χ1v) is 15.1. The number of aliphatic carboxylic acids is 2. The molecular weight excluding hydrogens is 603 g/mol. The summed E-state index contributed by atoms with van der Waals surface area (Å²) in [5.41, 5.74) is 6.61. The van der Waals surface area contributed by atoms with E-state index in [0.717, 1.165) is 26.0 Å². The van der Waals surface area contributed by atoms with Gasteiger partial charge in [0.05, 0.1) is 13.2 Å². The van der Waals surface area contributed by atoms with Crippen molar-refractivity contribution in [1.29, 1.82) is 0 Å². The van der Waals surface area contributed by atoms with E-state index in [1.54, 1.807) is 0 Å². The first kappa shape index (κ1) is 27.8. The van der Waals surface area contributed by atoms with Gasteiger partial charge in [-0.2, -0.15) is 0 Å². The van der Waals surface area contributed by atoms with Crippen molar-refractivity contribution in [2.24, 2.45) is 12.2 Å². The Bertz CT molecular complexity index is 1600. The third-order valence-corrected chi connectivity index (χ3v) is 9.99. The molecule has 0 saturated carbocycles. The zero-order valence-corrected chi connectivity index (χ0v) is 23.7. The van der Waals surface area contributed by atoms with E-state index in [0.29, 0.717) is 17.1 Å². The molecule has 14 nitrogen and oxygen atoms in total. The topological polar surface area (TPSA) is 201 Å². The van der Waals surface area contributed by atoms with Gasteiger partial charge in [0, 0.05) is 16.9 Å². The summed E-state index contributed by atoms with van der Waals surface area (Å²) >= 11 is 5.26. The highest BCUT2D eigenvalue weighted by molar-refractivity contribution is 8.02. The lowest BCUT2D eigenvalue weighted by Gasteiger charge is -2.49. The molecule has 18 heteroatoms. The van der Waals surface area contributed by atoms with E-state index in [4.69, 9.17) is 15.7 Å². The Balaban J connectivity index is 1.31. The molecular formula is C22H20N7O7S4+. The molecule has 3 aromatic heterocycles. The van der Waals surface area contributed by atoms with Crippen molar-refractivity contribution >= 4 is 91.1 Å². The van der Waals surface area contributed by atoms with E-state index in [1.165, 1.54) is 45.1 Å². The number of hydrogen-bond acceptors (Lipinski definition) is 13. The number of aryl methyl sites for hydroxylation is 1. The van der Waals surface area contributed by atoms with E-state index in [1.807, 2.05) is 29.9 Å². The molecule has 0 aromatic carbocycles. The largest absolute Gasteiger partial charge is 0.479 e. The third kappa shape index (κ3) is 5.47. The molecule has 5 heterocycles. The number of carbonyl (C=O) groups is 4. The quantitative estimate of drug-likeness (QED) is 0.0803. The molecule has 2 amide bonds. The normalized spacial score (nSPS) is 18.9. The molecule has 0 bridgehead atoms. The first-order chi connectivity index (χ1) is 19.1. The van der Waals surface area contributed by atoms with Crippen molar-refractivity contribution < 1.29 is 38.8 Å². The van der Waals surface area contributed by atoms with Gasteiger partial charge in [-0.3, -0.25) is 14.5 Å². The smallest absolute Gasteiger partial charge is 0.352 e. The SMILES string of the molecule is C[n+]1cccc2sc(SCC3=C(C(=O)O)N4C(=O)C(NC(=O)/C(=N\OCC(=O)O)c5csc(N)n5)[C@@H]4SC3)nc21. The van der Waals surface area contributed by atoms with Gasteiger partial charge in [-0.25, -0.2) is 19.1 Å².